The number of sulfonamides is 1. The lowest BCUT2D eigenvalue weighted by Gasteiger charge is -2.17. The minimum Gasteiger partial charge on any atom is -0.377 e. The van der Waals surface area contributed by atoms with E-state index in [0.717, 1.165) is 21.0 Å². The number of benzene rings is 2. The Balaban J connectivity index is 2.26. The summed E-state index contributed by atoms with van der Waals surface area (Å²) in [6.45, 7) is 6.92. The summed E-state index contributed by atoms with van der Waals surface area (Å²) >= 11 is 0. The van der Waals surface area contributed by atoms with E-state index in [1.165, 1.54) is 20.2 Å². The molecule has 1 amide bonds. The Bertz CT molecular complexity index is 953. The lowest BCUT2D eigenvalue weighted by molar-refractivity contribution is 0.0949. The van der Waals surface area contributed by atoms with Crippen molar-refractivity contribution in [2.75, 3.05) is 20.7 Å². The zero-order valence-electron chi connectivity index (χ0n) is 17.1. The molecule has 0 saturated carbocycles. The van der Waals surface area contributed by atoms with Crippen molar-refractivity contribution in [3.63, 3.8) is 0 Å². The molecular weight excluding hydrogens is 376 g/mol. The van der Waals surface area contributed by atoms with Crippen molar-refractivity contribution in [3.8, 4) is 0 Å². The van der Waals surface area contributed by atoms with Gasteiger partial charge in [-0.05, 0) is 55.2 Å². The van der Waals surface area contributed by atoms with E-state index in [9.17, 15) is 13.2 Å². The standard InChI is InChI=1S/C21H28N2O4S/c1-6-27-14-18-10-8-7-9-17(18)13-22-21(24)19-11-15(2)16(3)20(12-19)28(25,26)23(4)5/h7-12H,6,13-14H2,1-5H3,(H,22,24). The number of carbonyl (C=O) groups is 1. The second-order valence-electron chi connectivity index (χ2n) is 6.79. The quantitative estimate of drug-likeness (QED) is 0.734. The molecule has 152 valence electrons. The summed E-state index contributed by atoms with van der Waals surface area (Å²) < 4.78 is 31.8. The Kier molecular flexibility index (Phi) is 7.35. The topological polar surface area (TPSA) is 75.7 Å². The van der Waals surface area contributed by atoms with Gasteiger partial charge in [0.25, 0.3) is 5.91 Å². The van der Waals surface area contributed by atoms with E-state index in [1.54, 1.807) is 19.9 Å². The van der Waals surface area contributed by atoms with Crippen molar-refractivity contribution in [1.82, 2.24) is 9.62 Å². The molecule has 0 spiro atoms. The van der Waals surface area contributed by atoms with Crippen LogP contribution in [0.2, 0.25) is 0 Å². The number of hydrogen-bond donors (Lipinski definition) is 1. The van der Waals surface area contributed by atoms with Gasteiger partial charge in [-0.3, -0.25) is 4.79 Å². The van der Waals surface area contributed by atoms with Crippen LogP contribution in [0.4, 0.5) is 0 Å². The van der Waals surface area contributed by atoms with E-state index in [0.29, 0.717) is 30.9 Å². The van der Waals surface area contributed by atoms with E-state index in [4.69, 9.17) is 4.74 Å². The monoisotopic (exact) mass is 404 g/mol. The molecule has 0 bridgehead atoms. The van der Waals surface area contributed by atoms with Crippen LogP contribution in [0.15, 0.2) is 41.3 Å². The van der Waals surface area contributed by atoms with Crippen LogP contribution in [0, 0.1) is 13.8 Å². The van der Waals surface area contributed by atoms with Crippen molar-refractivity contribution >= 4 is 15.9 Å². The third-order valence-corrected chi connectivity index (χ3v) is 6.60. The maximum absolute atomic E-state index is 12.7. The molecular formula is C21H28N2O4S. The Morgan fingerprint density at radius 3 is 2.36 bits per heavy atom. The molecule has 0 fully saturated rings. The number of ether oxygens (including phenoxy) is 1. The maximum atomic E-state index is 12.7. The molecule has 0 atom stereocenters. The van der Waals surface area contributed by atoms with Gasteiger partial charge >= 0.3 is 0 Å². The van der Waals surface area contributed by atoms with E-state index < -0.39 is 10.0 Å². The van der Waals surface area contributed by atoms with Crippen LogP contribution in [0.5, 0.6) is 0 Å². The fourth-order valence-corrected chi connectivity index (χ4v) is 4.00. The molecule has 0 saturated heterocycles. The number of amides is 1. The van der Waals surface area contributed by atoms with Gasteiger partial charge in [0.1, 0.15) is 0 Å². The number of carbonyl (C=O) groups excluding carboxylic acids is 1. The smallest absolute Gasteiger partial charge is 0.251 e. The number of nitrogens with one attached hydrogen (secondary N) is 1. The van der Waals surface area contributed by atoms with Gasteiger partial charge in [-0.1, -0.05) is 24.3 Å². The zero-order chi connectivity index (χ0) is 20.9. The van der Waals surface area contributed by atoms with Gasteiger partial charge in [0.15, 0.2) is 0 Å². The molecule has 2 aromatic rings. The van der Waals surface area contributed by atoms with Gasteiger partial charge in [0.2, 0.25) is 10.0 Å². The highest BCUT2D eigenvalue weighted by Gasteiger charge is 2.23. The predicted molar refractivity (Wildman–Crippen MR) is 110 cm³/mol. The summed E-state index contributed by atoms with van der Waals surface area (Å²) in [6, 6.07) is 10.9. The van der Waals surface area contributed by atoms with Gasteiger partial charge in [-0.25, -0.2) is 12.7 Å². The van der Waals surface area contributed by atoms with Crippen LogP contribution in [0.25, 0.3) is 0 Å². The Morgan fingerprint density at radius 1 is 1.11 bits per heavy atom. The summed E-state index contributed by atoms with van der Waals surface area (Å²) in [5, 5.41) is 2.88. The predicted octanol–water partition coefficient (Wildman–Crippen LogP) is 3.02. The highest BCUT2D eigenvalue weighted by Crippen LogP contribution is 2.23. The SMILES string of the molecule is CCOCc1ccccc1CNC(=O)c1cc(C)c(C)c(S(=O)(=O)N(C)C)c1. The first-order valence-electron chi connectivity index (χ1n) is 9.15. The Morgan fingerprint density at radius 2 is 1.75 bits per heavy atom. The van der Waals surface area contributed by atoms with E-state index in [-0.39, 0.29) is 10.8 Å². The van der Waals surface area contributed by atoms with Gasteiger partial charge < -0.3 is 10.1 Å². The molecule has 0 aliphatic carbocycles. The second-order valence-corrected chi connectivity index (χ2v) is 8.91. The third kappa shape index (κ3) is 4.98. The summed E-state index contributed by atoms with van der Waals surface area (Å²) in [6.07, 6.45) is 0. The van der Waals surface area contributed by atoms with Crippen molar-refractivity contribution in [1.29, 1.82) is 0 Å². The summed E-state index contributed by atoms with van der Waals surface area (Å²) in [5.41, 5.74) is 3.71. The highest BCUT2D eigenvalue weighted by molar-refractivity contribution is 7.89. The lowest BCUT2D eigenvalue weighted by Crippen LogP contribution is -2.26. The molecule has 28 heavy (non-hydrogen) atoms. The van der Waals surface area contributed by atoms with Crippen LogP contribution in [-0.4, -0.2) is 39.3 Å². The average Bonchev–Trinajstić information content (AvgIpc) is 2.66. The fraction of sp³-hybridized carbons (Fsp3) is 0.381. The average molecular weight is 405 g/mol. The molecule has 0 aliphatic heterocycles. The van der Waals surface area contributed by atoms with Crippen LogP contribution < -0.4 is 5.32 Å². The molecule has 0 unspecified atom stereocenters. The van der Waals surface area contributed by atoms with E-state index >= 15 is 0 Å². The Labute approximate surface area is 167 Å². The molecule has 2 aromatic carbocycles. The molecule has 2 rings (SSSR count). The number of hydrogen-bond acceptors (Lipinski definition) is 4. The number of aryl methyl sites for hydroxylation is 1. The third-order valence-electron chi connectivity index (χ3n) is 4.66. The van der Waals surface area contributed by atoms with E-state index in [2.05, 4.69) is 5.32 Å². The summed E-state index contributed by atoms with van der Waals surface area (Å²) in [5.74, 6) is -0.315. The lowest BCUT2D eigenvalue weighted by atomic mass is 10.0. The molecule has 0 aliphatic rings. The first-order chi connectivity index (χ1) is 13.2. The normalized spacial score (nSPS) is 11.6. The molecule has 6 nitrogen and oxygen atoms in total. The number of rotatable bonds is 8. The van der Waals surface area contributed by atoms with Crippen molar-refractivity contribution < 1.29 is 17.9 Å². The number of nitrogens with zero attached hydrogens (tertiary/aromatic N) is 1. The highest BCUT2D eigenvalue weighted by atomic mass is 32.2. The molecule has 0 radical (unpaired) electrons. The van der Waals surface area contributed by atoms with Gasteiger partial charge in [0, 0.05) is 32.8 Å². The van der Waals surface area contributed by atoms with Crippen LogP contribution in [0.1, 0.15) is 39.5 Å². The van der Waals surface area contributed by atoms with Crippen LogP contribution in [-0.2, 0) is 27.9 Å². The molecule has 0 aromatic heterocycles. The van der Waals surface area contributed by atoms with Crippen LogP contribution in [0.3, 0.4) is 0 Å². The maximum Gasteiger partial charge on any atom is 0.251 e. The minimum atomic E-state index is -3.63. The molecule has 0 heterocycles. The minimum absolute atomic E-state index is 0.152. The van der Waals surface area contributed by atoms with Gasteiger partial charge in [0.05, 0.1) is 11.5 Å². The Hall–Kier alpha value is -2.22. The molecule has 7 heteroatoms. The van der Waals surface area contributed by atoms with Crippen LogP contribution >= 0.6 is 0 Å². The zero-order valence-corrected chi connectivity index (χ0v) is 17.9. The fourth-order valence-electron chi connectivity index (χ4n) is 2.78. The largest absolute Gasteiger partial charge is 0.377 e. The van der Waals surface area contributed by atoms with Crippen molar-refractivity contribution in [3.05, 3.63) is 64.2 Å². The second kappa shape index (κ2) is 9.32. The summed E-state index contributed by atoms with van der Waals surface area (Å²) in [4.78, 5) is 12.9. The first kappa shape index (κ1) is 22.1. The summed E-state index contributed by atoms with van der Waals surface area (Å²) in [7, 11) is -0.677. The van der Waals surface area contributed by atoms with Gasteiger partial charge in [-0.2, -0.15) is 0 Å². The van der Waals surface area contributed by atoms with Gasteiger partial charge in [-0.15, -0.1) is 0 Å². The van der Waals surface area contributed by atoms with Crippen molar-refractivity contribution in [2.45, 2.75) is 38.8 Å². The van der Waals surface area contributed by atoms with E-state index in [1.807, 2.05) is 31.2 Å². The first-order valence-corrected chi connectivity index (χ1v) is 10.6. The van der Waals surface area contributed by atoms with Crippen molar-refractivity contribution in [2.24, 2.45) is 0 Å². The molecule has 1 N–H and O–H groups in total.